The molecule has 0 saturated heterocycles. The summed E-state index contributed by atoms with van der Waals surface area (Å²) in [5.41, 5.74) is 2.43. The van der Waals surface area contributed by atoms with E-state index in [9.17, 15) is 0 Å². The first kappa shape index (κ1) is 18.4. The monoisotopic (exact) mass is 302 g/mol. The van der Waals surface area contributed by atoms with Gasteiger partial charge in [-0.3, -0.25) is 0 Å². The molecule has 0 unspecified atom stereocenters. The van der Waals surface area contributed by atoms with Gasteiger partial charge in [0.25, 0.3) is 0 Å². The first-order chi connectivity index (χ1) is 10.8. The van der Waals surface area contributed by atoms with Crippen LogP contribution < -0.4 is 10.2 Å². The molecule has 122 valence electrons. The molecular weight excluding hydrogens is 272 g/mol. The zero-order valence-electron chi connectivity index (χ0n) is 14.8. The maximum Gasteiger partial charge on any atom is 0.207 e. The van der Waals surface area contributed by atoms with E-state index in [1.54, 1.807) is 0 Å². The Labute approximate surface area is 135 Å². The quantitative estimate of drug-likeness (QED) is 0.848. The summed E-state index contributed by atoms with van der Waals surface area (Å²) in [6, 6.07) is 0. The lowest BCUT2D eigenvalue weighted by Crippen LogP contribution is -2.32. The first-order valence-corrected chi connectivity index (χ1v) is 8.58. The highest BCUT2D eigenvalue weighted by atomic mass is 15.2. The van der Waals surface area contributed by atoms with E-state index in [0.29, 0.717) is 5.82 Å². The van der Waals surface area contributed by atoms with E-state index in [1.165, 1.54) is 5.56 Å². The van der Waals surface area contributed by atoms with Gasteiger partial charge in [-0.1, -0.05) is 33.6 Å². The molecule has 0 fully saturated rings. The Kier molecular flexibility index (Phi) is 8.54. The molecule has 0 aromatic carbocycles. The molecule has 0 bridgehead atoms. The smallest absolute Gasteiger partial charge is 0.207 e. The lowest BCUT2D eigenvalue weighted by molar-refractivity contribution is 0.614. The van der Waals surface area contributed by atoms with Gasteiger partial charge in [0.1, 0.15) is 5.82 Å². The Bertz CT molecular complexity index is 508. The summed E-state index contributed by atoms with van der Waals surface area (Å²) >= 11 is 0. The molecule has 1 aliphatic rings. The Morgan fingerprint density at radius 1 is 1.14 bits per heavy atom. The SMILES string of the molecule is CC.CC#Cc1nc2c(c(N(CCC)CCC)n1)CCNC2. The first-order valence-electron chi connectivity index (χ1n) is 8.58. The standard InChI is InChI=1S/C16H24N4.C2H6/c1-4-7-15-18-14-12-17-9-8-13(14)16(19-15)20(10-5-2)11-6-3;1-2/h17H,5-6,8-12H2,1-3H3;1-2H3. The van der Waals surface area contributed by atoms with Gasteiger partial charge in [0.05, 0.1) is 5.69 Å². The highest BCUT2D eigenvalue weighted by molar-refractivity contribution is 5.51. The molecule has 1 aliphatic heterocycles. The van der Waals surface area contributed by atoms with Gasteiger partial charge in [0.2, 0.25) is 5.82 Å². The topological polar surface area (TPSA) is 41.1 Å². The van der Waals surface area contributed by atoms with E-state index in [2.05, 4.69) is 40.9 Å². The van der Waals surface area contributed by atoms with Gasteiger partial charge >= 0.3 is 0 Å². The molecule has 0 saturated carbocycles. The predicted octanol–water partition coefficient (Wildman–Crippen LogP) is 3.15. The third kappa shape index (κ3) is 4.71. The van der Waals surface area contributed by atoms with Crippen LogP contribution in [0.2, 0.25) is 0 Å². The van der Waals surface area contributed by atoms with Gasteiger partial charge in [-0.2, -0.15) is 0 Å². The lowest BCUT2D eigenvalue weighted by atomic mass is 10.1. The summed E-state index contributed by atoms with van der Waals surface area (Å²) in [7, 11) is 0. The van der Waals surface area contributed by atoms with E-state index < -0.39 is 0 Å². The predicted molar refractivity (Wildman–Crippen MR) is 94.1 cm³/mol. The van der Waals surface area contributed by atoms with Crippen LogP contribution in [0.1, 0.15) is 64.5 Å². The van der Waals surface area contributed by atoms with Gasteiger partial charge in [0.15, 0.2) is 0 Å². The minimum atomic E-state index is 0.655. The normalized spacial score (nSPS) is 12.4. The van der Waals surface area contributed by atoms with Crippen molar-refractivity contribution in [3.63, 3.8) is 0 Å². The van der Waals surface area contributed by atoms with Crippen LogP contribution in [0.4, 0.5) is 5.82 Å². The van der Waals surface area contributed by atoms with Gasteiger partial charge in [-0.05, 0) is 38.7 Å². The molecule has 4 nitrogen and oxygen atoms in total. The molecule has 0 atom stereocenters. The average Bonchev–Trinajstić information content (AvgIpc) is 2.56. The number of aromatic nitrogens is 2. The largest absolute Gasteiger partial charge is 0.356 e. The van der Waals surface area contributed by atoms with E-state index in [1.807, 2.05) is 20.8 Å². The molecule has 4 heteroatoms. The summed E-state index contributed by atoms with van der Waals surface area (Å²) in [4.78, 5) is 11.7. The summed E-state index contributed by atoms with van der Waals surface area (Å²) in [6.45, 7) is 14.2. The van der Waals surface area contributed by atoms with Gasteiger partial charge < -0.3 is 10.2 Å². The zero-order valence-corrected chi connectivity index (χ0v) is 14.8. The highest BCUT2D eigenvalue weighted by Gasteiger charge is 2.20. The minimum absolute atomic E-state index is 0.655. The fraction of sp³-hybridized carbons (Fsp3) is 0.667. The third-order valence-electron chi connectivity index (χ3n) is 3.44. The molecule has 0 radical (unpaired) electrons. The second-order valence-electron chi connectivity index (χ2n) is 5.08. The second-order valence-corrected chi connectivity index (χ2v) is 5.08. The molecule has 2 rings (SSSR count). The van der Waals surface area contributed by atoms with Crippen molar-refractivity contribution < 1.29 is 0 Å². The number of rotatable bonds is 5. The zero-order chi connectivity index (χ0) is 16.4. The van der Waals surface area contributed by atoms with Crippen LogP contribution in [-0.4, -0.2) is 29.6 Å². The average molecular weight is 302 g/mol. The minimum Gasteiger partial charge on any atom is -0.356 e. The van der Waals surface area contributed by atoms with Crippen LogP contribution in [0.25, 0.3) is 0 Å². The van der Waals surface area contributed by atoms with E-state index in [4.69, 9.17) is 4.98 Å². The van der Waals surface area contributed by atoms with Crippen molar-refractivity contribution >= 4 is 5.82 Å². The fourth-order valence-corrected chi connectivity index (χ4v) is 2.63. The molecule has 1 N–H and O–H groups in total. The molecule has 1 aromatic rings. The van der Waals surface area contributed by atoms with Crippen LogP contribution in [0.15, 0.2) is 0 Å². The van der Waals surface area contributed by atoms with Crippen LogP contribution >= 0.6 is 0 Å². The van der Waals surface area contributed by atoms with Crippen LogP contribution in [0.5, 0.6) is 0 Å². The summed E-state index contributed by atoms with van der Waals surface area (Å²) in [5.74, 6) is 7.68. The number of nitrogens with one attached hydrogen (secondary N) is 1. The number of fused-ring (bicyclic) bond motifs is 1. The van der Waals surface area contributed by atoms with E-state index in [-0.39, 0.29) is 0 Å². The van der Waals surface area contributed by atoms with Crippen molar-refractivity contribution in [3.8, 4) is 11.8 Å². The molecule has 0 spiro atoms. The maximum absolute atomic E-state index is 4.73. The van der Waals surface area contributed by atoms with Crippen molar-refractivity contribution in [1.82, 2.24) is 15.3 Å². The van der Waals surface area contributed by atoms with Crippen molar-refractivity contribution in [1.29, 1.82) is 0 Å². The Hall–Kier alpha value is -1.60. The van der Waals surface area contributed by atoms with Crippen molar-refractivity contribution in [2.75, 3.05) is 24.5 Å². The lowest BCUT2D eigenvalue weighted by Gasteiger charge is -2.28. The Morgan fingerprint density at radius 3 is 2.41 bits per heavy atom. The van der Waals surface area contributed by atoms with Crippen LogP contribution in [0.3, 0.4) is 0 Å². The number of nitrogens with zero attached hydrogens (tertiary/aromatic N) is 3. The molecule has 0 amide bonds. The van der Waals surface area contributed by atoms with E-state index >= 15 is 0 Å². The summed E-state index contributed by atoms with van der Waals surface area (Å²) in [6.07, 6.45) is 3.27. The highest BCUT2D eigenvalue weighted by Crippen LogP contribution is 2.24. The van der Waals surface area contributed by atoms with Crippen molar-refractivity contribution in [2.24, 2.45) is 0 Å². The number of anilines is 1. The molecule has 1 aromatic heterocycles. The Morgan fingerprint density at radius 2 is 1.82 bits per heavy atom. The summed E-state index contributed by atoms with van der Waals surface area (Å²) in [5, 5.41) is 3.38. The third-order valence-corrected chi connectivity index (χ3v) is 3.44. The Balaban J connectivity index is 0.00000116. The second kappa shape index (κ2) is 10.2. The van der Waals surface area contributed by atoms with Gasteiger partial charge in [-0.15, -0.1) is 0 Å². The molecule has 0 aliphatic carbocycles. The van der Waals surface area contributed by atoms with Crippen molar-refractivity contribution in [2.45, 2.75) is 60.4 Å². The van der Waals surface area contributed by atoms with Crippen molar-refractivity contribution in [3.05, 3.63) is 17.1 Å². The van der Waals surface area contributed by atoms with Crippen LogP contribution in [-0.2, 0) is 13.0 Å². The van der Waals surface area contributed by atoms with E-state index in [0.717, 1.165) is 57.0 Å². The van der Waals surface area contributed by atoms with Gasteiger partial charge in [-0.25, -0.2) is 9.97 Å². The summed E-state index contributed by atoms with van der Waals surface area (Å²) < 4.78 is 0. The molecule has 22 heavy (non-hydrogen) atoms. The van der Waals surface area contributed by atoms with Gasteiger partial charge in [0, 0.05) is 25.2 Å². The number of hydrogen-bond donors (Lipinski definition) is 1. The number of hydrogen-bond acceptors (Lipinski definition) is 4. The maximum atomic E-state index is 4.73. The molecule has 2 heterocycles. The van der Waals surface area contributed by atoms with Crippen LogP contribution in [0, 0.1) is 11.8 Å². The molecular formula is C18H30N4. The fourth-order valence-electron chi connectivity index (χ4n) is 2.63.